The van der Waals surface area contributed by atoms with E-state index in [2.05, 4.69) is 10.3 Å². The molecule has 0 bridgehead atoms. The van der Waals surface area contributed by atoms with Crippen molar-refractivity contribution in [3.05, 3.63) is 59.8 Å². The van der Waals surface area contributed by atoms with Gasteiger partial charge in [0, 0.05) is 43.1 Å². The number of carbonyl (C=O) groups excluding carboxylic acids is 2. The van der Waals surface area contributed by atoms with Crippen LogP contribution in [0, 0.1) is 0 Å². The van der Waals surface area contributed by atoms with Crippen molar-refractivity contribution in [3.8, 4) is 5.75 Å². The zero-order valence-electron chi connectivity index (χ0n) is 18.6. The Balaban J connectivity index is 1.32. The molecule has 2 amide bonds. The molecule has 1 aliphatic rings. The van der Waals surface area contributed by atoms with Crippen molar-refractivity contribution in [2.45, 2.75) is 13.1 Å². The predicted molar refractivity (Wildman–Crippen MR) is 122 cm³/mol. The third kappa shape index (κ3) is 5.33. The molecule has 0 unspecified atom stereocenters. The smallest absolute Gasteiger partial charge is 0.418 e. The normalized spacial score (nSPS) is 14.9. The molecule has 1 saturated heterocycles. The van der Waals surface area contributed by atoms with Crippen LogP contribution in [0.2, 0.25) is 0 Å². The standard InChI is InChI=1S/C24H25F3N4O3/c1-2-34-17-8-7-16-13-21(28-20(16)14-17)23(33)31-11-9-30(10-12-31)15-22(32)29-19-6-4-3-5-18(19)24(25,26)27/h3-8,13-14,28H,2,9-12,15H2,1H3,(H,29,32). The molecule has 2 N–H and O–H groups in total. The second kappa shape index (κ2) is 9.76. The van der Waals surface area contributed by atoms with E-state index in [0.29, 0.717) is 38.5 Å². The number of ether oxygens (including phenoxy) is 1. The molecule has 10 heteroatoms. The van der Waals surface area contributed by atoms with Gasteiger partial charge in [0.05, 0.1) is 24.4 Å². The van der Waals surface area contributed by atoms with Crippen molar-refractivity contribution in [3.63, 3.8) is 0 Å². The minimum absolute atomic E-state index is 0.0547. The Morgan fingerprint density at radius 2 is 1.79 bits per heavy atom. The lowest BCUT2D eigenvalue weighted by molar-refractivity contribution is -0.137. The quantitative estimate of drug-likeness (QED) is 0.567. The van der Waals surface area contributed by atoms with E-state index in [0.717, 1.165) is 22.7 Å². The van der Waals surface area contributed by atoms with Crippen LogP contribution < -0.4 is 10.1 Å². The molecule has 0 spiro atoms. The lowest BCUT2D eigenvalue weighted by atomic mass is 10.1. The molecule has 7 nitrogen and oxygen atoms in total. The summed E-state index contributed by atoms with van der Waals surface area (Å²) in [6, 6.07) is 12.3. The first-order chi connectivity index (χ1) is 16.2. The number of fused-ring (bicyclic) bond motifs is 1. The first-order valence-electron chi connectivity index (χ1n) is 11.0. The number of hydrogen-bond acceptors (Lipinski definition) is 4. The van der Waals surface area contributed by atoms with E-state index in [-0.39, 0.29) is 18.1 Å². The maximum absolute atomic E-state index is 13.1. The Kier molecular flexibility index (Phi) is 6.78. The summed E-state index contributed by atoms with van der Waals surface area (Å²) in [5, 5.41) is 3.26. The Morgan fingerprint density at radius 1 is 1.06 bits per heavy atom. The number of alkyl halides is 3. The first-order valence-corrected chi connectivity index (χ1v) is 11.0. The van der Waals surface area contributed by atoms with Crippen LogP contribution in [-0.2, 0) is 11.0 Å². The van der Waals surface area contributed by atoms with Crippen LogP contribution in [0.3, 0.4) is 0 Å². The van der Waals surface area contributed by atoms with Gasteiger partial charge in [-0.05, 0) is 37.3 Å². The number of rotatable bonds is 6. The topological polar surface area (TPSA) is 77.7 Å². The minimum atomic E-state index is -4.55. The third-order valence-electron chi connectivity index (χ3n) is 5.67. The van der Waals surface area contributed by atoms with Crippen molar-refractivity contribution < 1.29 is 27.5 Å². The van der Waals surface area contributed by atoms with Crippen LogP contribution in [0.1, 0.15) is 23.0 Å². The summed E-state index contributed by atoms with van der Waals surface area (Å²) in [7, 11) is 0. The number of aromatic amines is 1. The Labute approximate surface area is 194 Å². The third-order valence-corrected chi connectivity index (χ3v) is 5.67. The molecule has 1 aromatic heterocycles. The van der Waals surface area contributed by atoms with Crippen molar-refractivity contribution >= 4 is 28.4 Å². The van der Waals surface area contributed by atoms with Crippen molar-refractivity contribution in [1.82, 2.24) is 14.8 Å². The van der Waals surface area contributed by atoms with Gasteiger partial charge in [-0.3, -0.25) is 14.5 Å². The summed E-state index contributed by atoms with van der Waals surface area (Å²) >= 11 is 0. The molecule has 3 aromatic rings. The fraction of sp³-hybridized carbons (Fsp3) is 0.333. The van der Waals surface area contributed by atoms with Gasteiger partial charge in [0.25, 0.3) is 5.91 Å². The number of amides is 2. The van der Waals surface area contributed by atoms with Gasteiger partial charge in [0.1, 0.15) is 11.4 Å². The number of halogens is 3. The van der Waals surface area contributed by atoms with Crippen molar-refractivity contribution in [2.75, 3.05) is 44.6 Å². The van der Waals surface area contributed by atoms with Crippen LogP contribution in [0.25, 0.3) is 10.9 Å². The van der Waals surface area contributed by atoms with Crippen LogP contribution in [0.4, 0.5) is 18.9 Å². The highest BCUT2D eigenvalue weighted by molar-refractivity contribution is 5.98. The SMILES string of the molecule is CCOc1ccc2cc(C(=O)N3CCN(CC(=O)Nc4ccccc4C(F)(F)F)CC3)[nH]c2c1. The maximum atomic E-state index is 13.1. The lowest BCUT2D eigenvalue weighted by Crippen LogP contribution is -2.50. The molecule has 2 heterocycles. The highest BCUT2D eigenvalue weighted by atomic mass is 19.4. The maximum Gasteiger partial charge on any atom is 0.418 e. The monoisotopic (exact) mass is 474 g/mol. The molecule has 0 saturated carbocycles. The van der Waals surface area contributed by atoms with E-state index < -0.39 is 17.6 Å². The number of nitrogens with zero attached hydrogens (tertiary/aromatic N) is 2. The second-order valence-electron chi connectivity index (χ2n) is 8.02. The number of hydrogen-bond donors (Lipinski definition) is 2. The summed E-state index contributed by atoms with van der Waals surface area (Å²) in [6.45, 7) is 4.09. The van der Waals surface area contributed by atoms with Gasteiger partial charge < -0.3 is 19.9 Å². The second-order valence-corrected chi connectivity index (χ2v) is 8.02. The Hall–Kier alpha value is -3.53. The molecule has 180 valence electrons. The molecular weight excluding hydrogens is 449 g/mol. The molecule has 0 radical (unpaired) electrons. The van der Waals surface area contributed by atoms with E-state index in [1.165, 1.54) is 18.2 Å². The van der Waals surface area contributed by atoms with Gasteiger partial charge in [-0.25, -0.2) is 0 Å². The van der Waals surface area contributed by atoms with Gasteiger partial charge in [0.15, 0.2) is 0 Å². The van der Waals surface area contributed by atoms with Gasteiger partial charge in [-0.2, -0.15) is 13.2 Å². The number of anilines is 1. The van der Waals surface area contributed by atoms with Gasteiger partial charge >= 0.3 is 6.18 Å². The molecule has 1 aliphatic heterocycles. The number of carbonyl (C=O) groups is 2. The average Bonchev–Trinajstić information content (AvgIpc) is 3.22. The summed E-state index contributed by atoms with van der Waals surface area (Å²) in [6.07, 6.45) is -4.55. The van der Waals surface area contributed by atoms with E-state index >= 15 is 0 Å². The van der Waals surface area contributed by atoms with Gasteiger partial charge in [-0.15, -0.1) is 0 Å². The highest BCUT2D eigenvalue weighted by Gasteiger charge is 2.33. The van der Waals surface area contributed by atoms with E-state index in [4.69, 9.17) is 4.74 Å². The van der Waals surface area contributed by atoms with Gasteiger partial charge in [-0.1, -0.05) is 12.1 Å². The average molecular weight is 474 g/mol. The fourth-order valence-corrected chi connectivity index (χ4v) is 3.99. The highest BCUT2D eigenvalue weighted by Crippen LogP contribution is 2.34. The summed E-state index contributed by atoms with van der Waals surface area (Å²) in [5.41, 5.74) is 0.132. The molecule has 4 rings (SSSR count). The zero-order chi connectivity index (χ0) is 24.3. The van der Waals surface area contributed by atoms with Crippen LogP contribution in [0.5, 0.6) is 5.75 Å². The fourth-order valence-electron chi connectivity index (χ4n) is 3.99. The van der Waals surface area contributed by atoms with Crippen LogP contribution >= 0.6 is 0 Å². The predicted octanol–water partition coefficient (Wildman–Crippen LogP) is 3.98. The Bertz CT molecular complexity index is 1180. The molecule has 1 fully saturated rings. The van der Waals surface area contributed by atoms with E-state index in [1.807, 2.05) is 30.0 Å². The summed E-state index contributed by atoms with van der Waals surface area (Å²) < 4.78 is 44.9. The summed E-state index contributed by atoms with van der Waals surface area (Å²) in [4.78, 5) is 31.9. The van der Waals surface area contributed by atoms with E-state index in [9.17, 15) is 22.8 Å². The minimum Gasteiger partial charge on any atom is -0.494 e. The lowest BCUT2D eigenvalue weighted by Gasteiger charge is -2.34. The number of piperazine rings is 1. The number of benzene rings is 2. The number of para-hydroxylation sites is 1. The van der Waals surface area contributed by atoms with Crippen LogP contribution in [-0.4, -0.2) is 65.9 Å². The number of aromatic nitrogens is 1. The molecule has 2 aromatic carbocycles. The summed E-state index contributed by atoms with van der Waals surface area (Å²) in [5.74, 6) is 0.0511. The molecule has 34 heavy (non-hydrogen) atoms. The van der Waals surface area contributed by atoms with E-state index in [1.54, 1.807) is 11.0 Å². The number of H-pyrrole nitrogens is 1. The van der Waals surface area contributed by atoms with Crippen molar-refractivity contribution in [1.29, 1.82) is 0 Å². The van der Waals surface area contributed by atoms with Crippen molar-refractivity contribution in [2.24, 2.45) is 0 Å². The Morgan fingerprint density at radius 3 is 2.50 bits per heavy atom. The number of nitrogens with one attached hydrogen (secondary N) is 2. The van der Waals surface area contributed by atoms with Gasteiger partial charge in [0.2, 0.25) is 5.91 Å². The first kappa shape index (κ1) is 23.6. The largest absolute Gasteiger partial charge is 0.494 e. The molecule has 0 atom stereocenters. The molecule has 0 aliphatic carbocycles. The zero-order valence-corrected chi connectivity index (χ0v) is 18.6. The van der Waals surface area contributed by atoms with Crippen LogP contribution in [0.15, 0.2) is 48.5 Å². The molecular formula is C24H25F3N4O3.